The quantitative estimate of drug-likeness (QED) is 0.571. The van der Waals surface area contributed by atoms with Crippen LogP contribution in [-0.4, -0.2) is 14.2 Å². The van der Waals surface area contributed by atoms with E-state index in [1.807, 2.05) is 0 Å². The van der Waals surface area contributed by atoms with Crippen molar-refractivity contribution in [3.63, 3.8) is 0 Å². The van der Waals surface area contributed by atoms with E-state index in [4.69, 9.17) is 0 Å². The molecule has 6 rings (SSSR count). The van der Waals surface area contributed by atoms with E-state index in [0.717, 1.165) is 6.42 Å². The predicted octanol–water partition coefficient (Wildman–Crippen LogP) is 3.99. The van der Waals surface area contributed by atoms with E-state index in [0.29, 0.717) is 6.17 Å². The molecule has 122 valence electrons. The highest BCUT2D eigenvalue weighted by molar-refractivity contribution is 7.02. The average molecular weight is 341 g/mol. The van der Waals surface area contributed by atoms with Crippen LogP contribution in [0.5, 0.6) is 0 Å². The highest BCUT2D eigenvalue weighted by Crippen LogP contribution is 2.53. The number of rotatable bonds is 0. The number of hydrogen-bond donors (Lipinski definition) is 0. The maximum absolute atomic E-state index is 2.62. The Hall–Kier alpha value is -2.52. The maximum atomic E-state index is 2.62. The summed E-state index contributed by atoms with van der Waals surface area (Å²) in [6.45, 7) is 4.99. The SMILES string of the molecule is C[Si]1(C)c2ccccc2N2c3c(cccc31)N1c3ccccc3CC12. The Labute approximate surface area is 149 Å². The van der Waals surface area contributed by atoms with E-state index in [-0.39, 0.29) is 0 Å². The lowest BCUT2D eigenvalue weighted by atomic mass is 10.1. The molecule has 0 spiro atoms. The minimum absolute atomic E-state index is 0.375. The van der Waals surface area contributed by atoms with E-state index >= 15 is 0 Å². The largest absolute Gasteiger partial charge is 0.318 e. The number of hydrogen-bond acceptors (Lipinski definition) is 2. The van der Waals surface area contributed by atoms with Crippen molar-refractivity contribution in [1.82, 2.24) is 0 Å². The maximum Gasteiger partial charge on any atom is 0.117 e. The monoisotopic (exact) mass is 340 g/mol. The Kier molecular flexibility index (Phi) is 2.39. The fraction of sp³-hybridized carbons (Fsp3) is 0.182. The van der Waals surface area contributed by atoms with Crippen LogP contribution in [-0.2, 0) is 6.42 Å². The molecule has 3 heterocycles. The van der Waals surface area contributed by atoms with Crippen LogP contribution in [0.1, 0.15) is 5.56 Å². The smallest absolute Gasteiger partial charge is 0.117 e. The Morgan fingerprint density at radius 1 is 0.720 bits per heavy atom. The third-order valence-corrected chi connectivity index (χ3v) is 9.79. The Morgan fingerprint density at radius 2 is 1.40 bits per heavy atom. The van der Waals surface area contributed by atoms with Crippen molar-refractivity contribution in [1.29, 1.82) is 0 Å². The fourth-order valence-corrected chi connectivity index (χ4v) is 8.14. The average Bonchev–Trinajstić information content (AvgIpc) is 3.15. The van der Waals surface area contributed by atoms with Gasteiger partial charge in [-0.05, 0) is 34.1 Å². The van der Waals surface area contributed by atoms with Gasteiger partial charge in [-0.1, -0.05) is 61.6 Å². The molecular weight excluding hydrogens is 320 g/mol. The molecule has 0 saturated heterocycles. The first-order chi connectivity index (χ1) is 12.2. The van der Waals surface area contributed by atoms with Crippen molar-refractivity contribution in [3.05, 3.63) is 72.3 Å². The summed E-state index contributed by atoms with van der Waals surface area (Å²) in [5, 5.41) is 3.15. The van der Waals surface area contributed by atoms with Gasteiger partial charge in [0, 0.05) is 17.8 Å². The van der Waals surface area contributed by atoms with Crippen molar-refractivity contribution in [3.8, 4) is 0 Å². The molecule has 0 bridgehead atoms. The highest BCUT2D eigenvalue weighted by atomic mass is 28.3. The molecule has 0 aromatic heterocycles. The number of anilines is 4. The van der Waals surface area contributed by atoms with Gasteiger partial charge in [0.2, 0.25) is 0 Å². The summed E-state index contributed by atoms with van der Waals surface area (Å²) in [6.07, 6.45) is 1.46. The van der Waals surface area contributed by atoms with Gasteiger partial charge in [0.25, 0.3) is 0 Å². The molecule has 1 atom stereocenters. The van der Waals surface area contributed by atoms with E-state index < -0.39 is 8.07 Å². The molecule has 0 amide bonds. The molecule has 0 radical (unpaired) electrons. The first kappa shape index (κ1) is 13.7. The van der Waals surface area contributed by atoms with Crippen LogP contribution in [0.3, 0.4) is 0 Å². The van der Waals surface area contributed by atoms with Crippen molar-refractivity contribution in [2.45, 2.75) is 25.7 Å². The molecule has 3 aliphatic rings. The van der Waals surface area contributed by atoms with Crippen LogP contribution < -0.4 is 20.2 Å². The minimum atomic E-state index is -1.67. The molecule has 3 heteroatoms. The summed E-state index contributed by atoms with van der Waals surface area (Å²) in [7, 11) is -1.67. The Morgan fingerprint density at radius 3 is 2.28 bits per heavy atom. The zero-order valence-corrected chi connectivity index (χ0v) is 15.5. The molecule has 3 aromatic carbocycles. The van der Waals surface area contributed by atoms with Crippen LogP contribution in [0.2, 0.25) is 13.1 Å². The van der Waals surface area contributed by atoms with Crippen LogP contribution >= 0.6 is 0 Å². The van der Waals surface area contributed by atoms with Gasteiger partial charge in [-0.25, -0.2) is 0 Å². The number of benzene rings is 3. The fourth-order valence-electron chi connectivity index (χ4n) is 5.13. The van der Waals surface area contributed by atoms with Crippen molar-refractivity contribution < 1.29 is 0 Å². The number of nitrogens with zero attached hydrogens (tertiary/aromatic N) is 2. The van der Waals surface area contributed by atoms with Crippen LogP contribution in [0.15, 0.2) is 66.7 Å². The van der Waals surface area contributed by atoms with Crippen LogP contribution in [0.25, 0.3) is 0 Å². The van der Waals surface area contributed by atoms with E-state index in [2.05, 4.69) is 89.6 Å². The highest BCUT2D eigenvalue weighted by Gasteiger charge is 2.49. The molecule has 1 unspecified atom stereocenters. The normalized spacial score (nSPS) is 20.8. The molecule has 2 nitrogen and oxygen atoms in total. The third-order valence-electron chi connectivity index (χ3n) is 6.28. The third kappa shape index (κ3) is 1.51. The van der Waals surface area contributed by atoms with E-state index in [1.54, 1.807) is 10.4 Å². The van der Waals surface area contributed by atoms with Gasteiger partial charge >= 0.3 is 0 Å². The molecule has 0 N–H and O–H groups in total. The van der Waals surface area contributed by atoms with Crippen molar-refractivity contribution in [2.75, 3.05) is 9.80 Å². The topological polar surface area (TPSA) is 6.48 Å². The summed E-state index contributed by atoms with van der Waals surface area (Å²) in [4.78, 5) is 5.19. The summed E-state index contributed by atoms with van der Waals surface area (Å²) in [5.41, 5.74) is 7.13. The van der Waals surface area contributed by atoms with Gasteiger partial charge in [0.1, 0.15) is 14.2 Å². The second-order valence-corrected chi connectivity index (χ2v) is 12.2. The van der Waals surface area contributed by atoms with Crippen LogP contribution in [0, 0.1) is 0 Å². The first-order valence-electron chi connectivity index (χ1n) is 9.07. The lowest BCUT2D eigenvalue weighted by molar-refractivity contribution is 0.730. The van der Waals surface area contributed by atoms with Gasteiger partial charge in [-0.2, -0.15) is 0 Å². The minimum Gasteiger partial charge on any atom is -0.318 e. The molecule has 0 fully saturated rings. The Bertz CT molecular complexity index is 1040. The second kappa shape index (κ2) is 4.35. The number of para-hydroxylation sites is 3. The van der Waals surface area contributed by atoms with Gasteiger partial charge in [0.15, 0.2) is 0 Å². The van der Waals surface area contributed by atoms with Crippen LogP contribution in [0.4, 0.5) is 22.7 Å². The zero-order chi connectivity index (χ0) is 16.8. The standard InChI is InChI=1S/C22H20N2Si/c1-25(2)19-12-6-5-10-17(19)24-21-14-15-8-3-4-9-16(15)23(21)18-11-7-13-20(25)22(18)24/h3-13,21H,14H2,1-2H3. The van der Waals surface area contributed by atoms with Gasteiger partial charge in [-0.3, -0.25) is 0 Å². The Balaban J connectivity index is 1.70. The molecule has 3 aromatic rings. The molecule has 3 aliphatic heterocycles. The lowest BCUT2D eigenvalue weighted by Gasteiger charge is -2.40. The summed E-state index contributed by atoms with van der Waals surface area (Å²) < 4.78 is 0. The summed E-state index contributed by atoms with van der Waals surface area (Å²) in [5.74, 6) is 0. The number of fused-ring (bicyclic) bond motifs is 7. The zero-order valence-electron chi connectivity index (χ0n) is 14.5. The molecule has 25 heavy (non-hydrogen) atoms. The van der Waals surface area contributed by atoms with Gasteiger partial charge < -0.3 is 9.80 Å². The molecule has 0 saturated carbocycles. The molecular formula is C22H20N2Si. The molecule has 0 aliphatic carbocycles. The first-order valence-corrected chi connectivity index (χ1v) is 12.1. The second-order valence-electron chi connectivity index (χ2n) is 7.87. The van der Waals surface area contributed by atoms with Crippen molar-refractivity contribution in [2.24, 2.45) is 0 Å². The van der Waals surface area contributed by atoms with E-state index in [1.165, 1.54) is 28.3 Å². The summed E-state index contributed by atoms with van der Waals surface area (Å²) >= 11 is 0. The lowest BCUT2D eigenvalue weighted by Crippen LogP contribution is -2.59. The van der Waals surface area contributed by atoms with Crippen molar-refractivity contribution >= 4 is 41.2 Å². The van der Waals surface area contributed by atoms with Gasteiger partial charge in [-0.15, -0.1) is 0 Å². The van der Waals surface area contributed by atoms with Gasteiger partial charge in [0.05, 0.1) is 11.4 Å². The predicted molar refractivity (Wildman–Crippen MR) is 108 cm³/mol. The summed E-state index contributed by atoms with van der Waals surface area (Å²) in [6, 6.07) is 24.9. The van der Waals surface area contributed by atoms with E-state index in [9.17, 15) is 0 Å².